The fourth-order valence-corrected chi connectivity index (χ4v) is 3.89. The number of β-lactam (4-membered cyclic amide) rings is 1. The van der Waals surface area contributed by atoms with Gasteiger partial charge in [-0.1, -0.05) is 60.7 Å². The average Bonchev–Trinajstić information content (AvgIpc) is 2.83. The van der Waals surface area contributed by atoms with E-state index >= 15 is 0 Å². The Bertz CT molecular complexity index is 995. The number of aliphatic hydroxyl groups excluding tert-OH is 1. The number of ether oxygens (including phenoxy) is 2. The van der Waals surface area contributed by atoms with Crippen LogP contribution >= 0.6 is 0 Å². The number of methoxy groups -OCH3 is 1. The molecule has 1 saturated heterocycles. The van der Waals surface area contributed by atoms with Gasteiger partial charge in [0.25, 0.3) is 5.91 Å². The van der Waals surface area contributed by atoms with Crippen molar-refractivity contribution in [3.8, 4) is 5.75 Å². The quantitative estimate of drug-likeness (QED) is 0.549. The molecule has 1 aliphatic heterocycles. The Kier molecular flexibility index (Phi) is 6.32. The lowest BCUT2D eigenvalue weighted by Gasteiger charge is -2.50. The summed E-state index contributed by atoms with van der Waals surface area (Å²) in [7, 11) is 1.59. The van der Waals surface area contributed by atoms with E-state index in [9.17, 15) is 9.90 Å². The number of rotatable bonds is 8. The maximum atomic E-state index is 13.0. The van der Waals surface area contributed by atoms with Crippen molar-refractivity contribution in [2.75, 3.05) is 12.0 Å². The zero-order valence-electron chi connectivity index (χ0n) is 17.3. The van der Waals surface area contributed by atoms with Crippen LogP contribution in [0.3, 0.4) is 0 Å². The van der Waals surface area contributed by atoms with Crippen LogP contribution < -0.4 is 15.4 Å². The minimum atomic E-state index is -0.942. The predicted octanol–water partition coefficient (Wildman–Crippen LogP) is 3.06. The van der Waals surface area contributed by atoms with Crippen LogP contribution in [-0.4, -0.2) is 36.3 Å². The van der Waals surface area contributed by atoms with Crippen molar-refractivity contribution in [2.24, 2.45) is 5.73 Å². The van der Waals surface area contributed by atoms with Crippen molar-refractivity contribution < 1.29 is 19.4 Å². The first-order valence-electron chi connectivity index (χ1n) is 10.2. The molecule has 3 aromatic rings. The Labute approximate surface area is 181 Å². The number of nitrogens with zero attached hydrogens (tertiary/aromatic N) is 1. The largest absolute Gasteiger partial charge is 0.497 e. The van der Waals surface area contributed by atoms with Gasteiger partial charge in [0.2, 0.25) is 0 Å². The smallest absolute Gasteiger partial charge is 0.258 e. The summed E-state index contributed by atoms with van der Waals surface area (Å²) >= 11 is 0. The molecule has 6 heteroatoms. The van der Waals surface area contributed by atoms with Gasteiger partial charge in [0.15, 0.2) is 6.10 Å². The van der Waals surface area contributed by atoms with Gasteiger partial charge in [-0.3, -0.25) is 4.79 Å². The van der Waals surface area contributed by atoms with Gasteiger partial charge in [0.1, 0.15) is 5.75 Å². The molecule has 0 saturated carbocycles. The molecular formula is C25H26N2O4. The molecule has 0 radical (unpaired) electrons. The van der Waals surface area contributed by atoms with Crippen LogP contribution in [0.25, 0.3) is 0 Å². The maximum Gasteiger partial charge on any atom is 0.258 e. The maximum absolute atomic E-state index is 13.0. The molecule has 160 valence electrons. The topological polar surface area (TPSA) is 85.0 Å². The number of carbonyl (C=O) groups excluding carboxylic acids is 1. The van der Waals surface area contributed by atoms with Crippen molar-refractivity contribution in [3.63, 3.8) is 0 Å². The number of hydrogen-bond acceptors (Lipinski definition) is 5. The number of nitrogens with two attached hydrogens (primary N) is 1. The van der Waals surface area contributed by atoms with E-state index in [1.165, 1.54) is 0 Å². The highest BCUT2D eigenvalue weighted by molar-refractivity contribution is 6.05. The number of hydrogen-bond donors (Lipinski definition) is 2. The van der Waals surface area contributed by atoms with E-state index in [0.29, 0.717) is 23.6 Å². The zero-order valence-corrected chi connectivity index (χ0v) is 17.3. The molecule has 4 atom stereocenters. The summed E-state index contributed by atoms with van der Waals surface area (Å²) in [6.07, 6.45) is -1.68. The monoisotopic (exact) mass is 418 g/mol. The van der Waals surface area contributed by atoms with E-state index in [1.54, 1.807) is 36.3 Å². The lowest BCUT2D eigenvalue weighted by molar-refractivity contribution is -0.145. The van der Waals surface area contributed by atoms with E-state index < -0.39 is 24.3 Å². The van der Waals surface area contributed by atoms with Crippen LogP contribution in [0, 0.1) is 0 Å². The first kappa shape index (κ1) is 21.1. The van der Waals surface area contributed by atoms with Crippen LogP contribution in [-0.2, 0) is 16.1 Å². The molecule has 0 bridgehead atoms. The van der Waals surface area contributed by atoms with Crippen molar-refractivity contribution in [1.82, 2.24) is 0 Å². The summed E-state index contributed by atoms with van der Waals surface area (Å²) in [4.78, 5) is 14.6. The summed E-state index contributed by atoms with van der Waals surface area (Å²) in [5.41, 5.74) is 8.86. The summed E-state index contributed by atoms with van der Waals surface area (Å²) in [5.74, 6) is 0.514. The second-order valence-corrected chi connectivity index (χ2v) is 7.55. The Morgan fingerprint density at radius 1 is 0.968 bits per heavy atom. The first-order chi connectivity index (χ1) is 15.1. The van der Waals surface area contributed by atoms with Gasteiger partial charge in [-0.15, -0.1) is 0 Å². The third-order valence-corrected chi connectivity index (χ3v) is 5.61. The number of carbonyl (C=O) groups is 1. The molecule has 6 nitrogen and oxygen atoms in total. The lowest BCUT2D eigenvalue weighted by atomic mass is 9.85. The van der Waals surface area contributed by atoms with Crippen molar-refractivity contribution in [2.45, 2.75) is 30.9 Å². The molecule has 1 aliphatic rings. The standard InChI is InChI=1S/C25H26N2O4/c1-30-20-14-12-19(13-15-20)27-22(21(26)23(28)18-10-6-3-7-11-18)24(25(27)29)31-16-17-8-4-2-5-9-17/h2-15,21-24,28H,16,26H2,1H3/t21-,22-,23-,24+/m0/s1. The number of aliphatic hydroxyl groups is 1. The van der Waals surface area contributed by atoms with E-state index in [2.05, 4.69) is 0 Å². The van der Waals surface area contributed by atoms with E-state index in [-0.39, 0.29) is 5.91 Å². The van der Waals surface area contributed by atoms with Crippen LogP contribution in [0.4, 0.5) is 5.69 Å². The first-order valence-corrected chi connectivity index (χ1v) is 10.2. The summed E-state index contributed by atoms with van der Waals surface area (Å²) in [5, 5.41) is 10.9. The number of anilines is 1. The molecule has 1 fully saturated rings. The van der Waals surface area contributed by atoms with Crippen LogP contribution in [0.1, 0.15) is 17.2 Å². The molecule has 0 aromatic heterocycles. The van der Waals surface area contributed by atoms with Crippen molar-refractivity contribution >= 4 is 11.6 Å². The van der Waals surface area contributed by atoms with E-state index in [1.807, 2.05) is 60.7 Å². The Morgan fingerprint density at radius 2 is 1.58 bits per heavy atom. The predicted molar refractivity (Wildman–Crippen MR) is 119 cm³/mol. The summed E-state index contributed by atoms with van der Waals surface area (Å²) < 4.78 is 11.2. The number of amides is 1. The van der Waals surface area contributed by atoms with Gasteiger partial charge >= 0.3 is 0 Å². The van der Waals surface area contributed by atoms with Crippen LogP contribution in [0.15, 0.2) is 84.9 Å². The molecule has 0 aliphatic carbocycles. The molecular weight excluding hydrogens is 392 g/mol. The van der Waals surface area contributed by atoms with Crippen LogP contribution in [0.5, 0.6) is 5.75 Å². The fourth-order valence-electron chi connectivity index (χ4n) is 3.89. The highest BCUT2D eigenvalue weighted by Crippen LogP contribution is 2.36. The third-order valence-electron chi connectivity index (χ3n) is 5.61. The second-order valence-electron chi connectivity index (χ2n) is 7.55. The van der Waals surface area contributed by atoms with E-state index in [0.717, 1.165) is 5.56 Å². The number of benzene rings is 3. The molecule has 1 amide bonds. The molecule has 31 heavy (non-hydrogen) atoms. The summed E-state index contributed by atoms with van der Waals surface area (Å²) in [6.45, 7) is 0.290. The zero-order chi connectivity index (χ0) is 21.8. The molecule has 4 rings (SSSR count). The Balaban J connectivity index is 1.58. The van der Waals surface area contributed by atoms with Gasteiger partial charge < -0.3 is 25.2 Å². The average molecular weight is 418 g/mol. The van der Waals surface area contributed by atoms with Crippen molar-refractivity contribution in [1.29, 1.82) is 0 Å². The minimum Gasteiger partial charge on any atom is -0.497 e. The summed E-state index contributed by atoms with van der Waals surface area (Å²) in [6, 6.07) is 24.8. The highest BCUT2D eigenvalue weighted by Gasteiger charge is 2.53. The molecule has 3 aromatic carbocycles. The van der Waals surface area contributed by atoms with Crippen molar-refractivity contribution in [3.05, 3.63) is 96.1 Å². The van der Waals surface area contributed by atoms with Gasteiger partial charge in [0.05, 0.1) is 31.9 Å². The SMILES string of the molecule is COc1ccc(N2C(=O)[C@H](OCc3ccccc3)[C@@H]2[C@H](N)[C@@H](O)c2ccccc2)cc1. The van der Waals surface area contributed by atoms with Gasteiger partial charge in [0, 0.05) is 5.69 Å². The lowest BCUT2D eigenvalue weighted by Crippen LogP contribution is -2.72. The molecule has 3 N–H and O–H groups in total. The minimum absolute atomic E-state index is 0.179. The highest BCUT2D eigenvalue weighted by atomic mass is 16.5. The molecule has 0 unspecified atom stereocenters. The van der Waals surface area contributed by atoms with Gasteiger partial charge in [-0.05, 0) is 35.4 Å². The van der Waals surface area contributed by atoms with Gasteiger partial charge in [-0.25, -0.2) is 0 Å². The van der Waals surface area contributed by atoms with E-state index in [4.69, 9.17) is 15.2 Å². The Hall–Kier alpha value is -3.19. The second kappa shape index (κ2) is 9.31. The molecule has 1 heterocycles. The van der Waals surface area contributed by atoms with Crippen LogP contribution in [0.2, 0.25) is 0 Å². The third kappa shape index (κ3) is 4.32. The van der Waals surface area contributed by atoms with Gasteiger partial charge in [-0.2, -0.15) is 0 Å². The fraction of sp³-hybridized carbons (Fsp3) is 0.240. The Morgan fingerprint density at radius 3 is 2.19 bits per heavy atom. The normalized spacial score (nSPS) is 20.1. The molecule has 0 spiro atoms.